The number of aromatic nitrogens is 4. The van der Waals surface area contributed by atoms with E-state index >= 15 is 0 Å². The van der Waals surface area contributed by atoms with E-state index in [4.69, 9.17) is 30.5 Å². The van der Waals surface area contributed by atoms with Gasteiger partial charge in [-0.15, -0.1) is 0 Å². The molecule has 0 aliphatic carbocycles. The number of rotatable bonds is 8. The molecule has 0 saturated carbocycles. The van der Waals surface area contributed by atoms with Gasteiger partial charge in [0, 0.05) is 54.3 Å². The zero-order valence-corrected chi connectivity index (χ0v) is 22.1. The smallest absolute Gasteiger partial charge is 0.264 e. The van der Waals surface area contributed by atoms with Crippen molar-refractivity contribution >= 4 is 50.1 Å². The molecular weight excluding hydrogens is 516 g/mol. The summed E-state index contributed by atoms with van der Waals surface area (Å²) in [5.74, 6) is 1.29. The lowest BCUT2D eigenvalue weighted by atomic mass is 10.1. The molecule has 1 aliphatic rings. The standard InChI is InChI=1S/C25H27ClN6O4S/c1-31-23-15-17(3-8-20(23)21(30-31)9-12-36-37(2,33)34)22-16-24(27-19-6-4-18(26)5-7-19)29-25(28-22)32-10-13-35-14-11-32/h3-8,15-16H,9-14H2,1-2H3,(H,27,28,29). The first kappa shape index (κ1) is 25.4. The average Bonchev–Trinajstić information content (AvgIpc) is 3.19. The fraction of sp³-hybridized carbons (Fsp3) is 0.320. The summed E-state index contributed by atoms with van der Waals surface area (Å²) in [4.78, 5) is 11.8. The first-order valence-electron chi connectivity index (χ1n) is 11.8. The Morgan fingerprint density at radius 3 is 2.57 bits per heavy atom. The third-order valence-electron chi connectivity index (χ3n) is 5.98. The summed E-state index contributed by atoms with van der Waals surface area (Å²) in [6.07, 6.45) is 1.42. The molecule has 1 aliphatic heterocycles. The van der Waals surface area contributed by atoms with Crippen LogP contribution in [-0.4, -0.2) is 67.3 Å². The minimum atomic E-state index is -3.50. The number of aryl methyl sites for hydroxylation is 1. The number of ether oxygens (including phenoxy) is 1. The maximum atomic E-state index is 11.3. The average molecular weight is 543 g/mol. The minimum Gasteiger partial charge on any atom is -0.378 e. The van der Waals surface area contributed by atoms with Crippen LogP contribution in [0.4, 0.5) is 17.5 Å². The van der Waals surface area contributed by atoms with Crippen LogP contribution < -0.4 is 10.2 Å². The van der Waals surface area contributed by atoms with E-state index < -0.39 is 10.1 Å². The van der Waals surface area contributed by atoms with Crippen LogP contribution >= 0.6 is 11.6 Å². The van der Waals surface area contributed by atoms with Gasteiger partial charge in [0.25, 0.3) is 10.1 Å². The highest BCUT2D eigenvalue weighted by Gasteiger charge is 2.18. The number of benzene rings is 2. The van der Waals surface area contributed by atoms with Gasteiger partial charge < -0.3 is 15.0 Å². The van der Waals surface area contributed by atoms with E-state index in [1.54, 1.807) is 4.68 Å². The molecule has 2 aromatic carbocycles. The van der Waals surface area contributed by atoms with Gasteiger partial charge in [-0.05, 0) is 30.3 Å². The van der Waals surface area contributed by atoms with Crippen LogP contribution in [0.25, 0.3) is 22.2 Å². The summed E-state index contributed by atoms with van der Waals surface area (Å²) < 4.78 is 34.8. The molecular formula is C25H27ClN6O4S. The van der Waals surface area contributed by atoms with Gasteiger partial charge in [-0.25, -0.2) is 4.98 Å². The molecule has 0 spiro atoms. The van der Waals surface area contributed by atoms with Gasteiger partial charge in [0.2, 0.25) is 5.95 Å². The Hall–Kier alpha value is -3.25. The Balaban J connectivity index is 1.49. The molecule has 0 unspecified atom stereocenters. The predicted octanol–water partition coefficient (Wildman–Crippen LogP) is 3.78. The summed E-state index contributed by atoms with van der Waals surface area (Å²) in [5, 5.41) is 9.54. The molecule has 0 radical (unpaired) electrons. The Kier molecular flexibility index (Phi) is 7.29. The molecule has 12 heteroatoms. The van der Waals surface area contributed by atoms with Crippen molar-refractivity contribution < 1.29 is 17.3 Å². The van der Waals surface area contributed by atoms with Crippen molar-refractivity contribution in [2.24, 2.45) is 7.05 Å². The number of nitrogens with zero attached hydrogens (tertiary/aromatic N) is 5. The summed E-state index contributed by atoms with van der Waals surface area (Å²) in [6, 6.07) is 15.4. The second-order valence-corrected chi connectivity index (χ2v) is 10.8. The molecule has 194 valence electrons. The maximum absolute atomic E-state index is 11.3. The lowest BCUT2D eigenvalue weighted by molar-refractivity contribution is 0.122. The lowest BCUT2D eigenvalue weighted by Gasteiger charge is -2.27. The second-order valence-electron chi connectivity index (χ2n) is 8.75. The first-order chi connectivity index (χ1) is 17.7. The van der Waals surface area contributed by atoms with Crippen molar-refractivity contribution in [1.29, 1.82) is 0 Å². The van der Waals surface area contributed by atoms with E-state index in [0.29, 0.717) is 49.5 Å². The summed E-state index contributed by atoms with van der Waals surface area (Å²) in [6.45, 7) is 2.72. The van der Waals surface area contributed by atoms with E-state index in [-0.39, 0.29) is 6.61 Å². The Bertz CT molecular complexity index is 1520. The topological polar surface area (TPSA) is 111 Å². The SMILES string of the molecule is Cn1nc(CCOS(C)(=O)=O)c2ccc(-c3cc(Nc4ccc(Cl)cc4)nc(N4CCOCC4)n3)cc21. The molecule has 37 heavy (non-hydrogen) atoms. The van der Waals surface area contributed by atoms with E-state index in [1.807, 2.05) is 55.6 Å². The van der Waals surface area contributed by atoms with E-state index in [1.165, 1.54) is 0 Å². The van der Waals surface area contributed by atoms with E-state index in [9.17, 15) is 8.42 Å². The molecule has 1 N–H and O–H groups in total. The minimum absolute atomic E-state index is 0.0429. The fourth-order valence-electron chi connectivity index (χ4n) is 4.20. The predicted molar refractivity (Wildman–Crippen MR) is 144 cm³/mol. The number of hydrogen-bond donors (Lipinski definition) is 1. The lowest BCUT2D eigenvalue weighted by Crippen LogP contribution is -2.37. The third-order valence-corrected chi connectivity index (χ3v) is 6.83. The van der Waals surface area contributed by atoms with Crippen molar-refractivity contribution in [3.63, 3.8) is 0 Å². The number of fused-ring (bicyclic) bond motifs is 1. The number of morpholine rings is 1. The van der Waals surface area contributed by atoms with Crippen LogP contribution in [0, 0.1) is 0 Å². The monoisotopic (exact) mass is 542 g/mol. The fourth-order valence-corrected chi connectivity index (χ4v) is 4.71. The molecule has 3 heterocycles. The van der Waals surface area contributed by atoms with Crippen molar-refractivity contribution in [3.8, 4) is 11.3 Å². The van der Waals surface area contributed by atoms with Gasteiger partial charge >= 0.3 is 0 Å². The van der Waals surface area contributed by atoms with Crippen molar-refractivity contribution in [2.75, 3.05) is 49.4 Å². The van der Waals surface area contributed by atoms with Crippen LogP contribution in [-0.2, 0) is 32.5 Å². The van der Waals surface area contributed by atoms with Gasteiger partial charge in [-0.3, -0.25) is 8.86 Å². The quantitative estimate of drug-likeness (QED) is 0.332. The summed E-state index contributed by atoms with van der Waals surface area (Å²) in [7, 11) is -1.64. The van der Waals surface area contributed by atoms with Crippen LogP contribution in [0.5, 0.6) is 0 Å². The highest BCUT2D eigenvalue weighted by molar-refractivity contribution is 7.85. The van der Waals surface area contributed by atoms with Crippen LogP contribution in [0.1, 0.15) is 5.69 Å². The van der Waals surface area contributed by atoms with Gasteiger partial charge in [-0.2, -0.15) is 18.5 Å². The summed E-state index contributed by atoms with van der Waals surface area (Å²) >= 11 is 6.04. The van der Waals surface area contributed by atoms with Crippen molar-refractivity contribution in [2.45, 2.75) is 6.42 Å². The van der Waals surface area contributed by atoms with Crippen LogP contribution in [0.15, 0.2) is 48.5 Å². The largest absolute Gasteiger partial charge is 0.378 e. The van der Waals surface area contributed by atoms with Crippen LogP contribution in [0.3, 0.4) is 0 Å². The Labute approximate surface area is 220 Å². The summed E-state index contributed by atoms with van der Waals surface area (Å²) in [5.41, 5.74) is 4.22. The number of nitrogens with one attached hydrogen (secondary N) is 1. The van der Waals surface area contributed by atoms with Crippen LogP contribution in [0.2, 0.25) is 5.02 Å². The Morgan fingerprint density at radius 2 is 1.84 bits per heavy atom. The van der Waals surface area contributed by atoms with Gasteiger partial charge in [-0.1, -0.05) is 23.7 Å². The molecule has 2 aromatic heterocycles. The number of anilines is 3. The Morgan fingerprint density at radius 1 is 1.08 bits per heavy atom. The van der Waals surface area contributed by atoms with Gasteiger partial charge in [0.15, 0.2) is 0 Å². The van der Waals surface area contributed by atoms with E-state index in [2.05, 4.69) is 15.3 Å². The number of halogens is 1. The van der Waals surface area contributed by atoms with Gasteiger partial charge in [0.05, 0.1) is 43.0 Å². The molecule has 0 bridgehead atoms. The zero-order valence-electron chi connectivity index (χ0n) is 20.5. The normalized spacial score (nSPS) is 14.3. The second kappa shape index (κ2) is 10.6. The third kappa shape index (κ3) is 6.19. The van der Waals surface area contributed by atoms with Gasteiger partial charge in [0.1, 0.15) is 5.82 Å². The molecule has 1 saturated heterocycles. The molecule has 5 rings (SSSR count). The molecule has 1 fully saturated rings. The number of hydrogen-bond acceptors (Lipinski definition) is 9. The zero-order chi connectivity index (χ0) is 26.0. The molecule has 10 nitrogen and oxygen atoms in total. The highest BCUT2D eigenvalue weighted by atomic mass is 35.5. The molecule has 0 amide bonds. The van der Waals surface area contributed by atoms with E-state index in [0.717, 1.165) is 39.8 Å². The van der Waals surface area contributed by atoms with Crippen molar-refractivity contribution in [3.05, 3.63) is 59.2 Å². The maximum Gasteiger partial charge on any atom is 0.264 e. The molecule has 0 atom stereocenters. The highest BCUT2D eigenvalue weighted by Crippen LogP contribution is 2.29. The van der Waals surface area contributed by atoms with Crippen molar-refractivity contribution in [1.82, 2.24) is 19.7 Å². The first-order valence-corrected chi connectivity index (χ1v) is 14.0. The molecule has 4 aromatic rings.